The molecule has 7 aliphatic rings. The van der Waals surface area contributed by atoms with Gasteiger partial charge < -0.3 is 45.8 Å². The average Bonchev–Trinajstić information content (AvgIpc) is 4.12. The van der Waals surface area contributed by atoms with Gasteiger partial charge in [0.15, 0.2) is 11.2 Å². The molecule has 0 amide bonds. The first-order valence-corrected chi connectivity index (χ1v) is 21.9. The van der Waals surface area contributed by atoms with Crippen LogP contribution in [0.25, 0.3) is 0 Å². The highest BCUT2D eigenvalue weighted by Gasteiger charge is 3.04. The second-order valence-corrected chi connectivity index (χ2v) is 20.9. The molecule has 1 N–H and O–H groups in total. The molecule has 3 saturated heterocycles. The fourth-order valence-corrected chi connectivity index (χ4v) is 16.6. The molecule has 8 nitrogen and oxygen atoms in total. The van der Waals surface area contributed by atoms with Crippen molar-refractivity contribution in [2.24, 2.45) is 17.3 Å². The summed E-state index contributed by atoms with van der Waals surface area (Å²) in [6.45, 7) is 6.48. The van der Waals surface area contributed by atoms with Crippen LogP contribution in [0.15, 0.2) is 102 Å². The number of epoxide rings is 3. The van der Waals surface area contributed by atoms with E-state index in [0.717, 1.165) is 36.6 Å². The number of hydrogen-bond donors (Lipinski definition) is 1. The summed E-state index contributed by atoms with van der Waals surface area (Å²) in [6.07, 6.45) is 5.01. The van der Waals surface area contributed by atoms with E-state index in [1.54, 1.807) is 0 Å². The number of cyclic esters (lactones) is 1. The van der Waals surface area contributed by atoms with Crippen molar-refractivity contribution in [2.45, 2.75) is 106 Å². The van der Waals surface area contributed by atoms with Crippen molar-refractivity contribution in [1.82, 2.24) is 0 Å². The third kappa shape index (κ3) is 4.80. The fourth-order valence-electron chi connectivity index (χ4n) is 12.2. The zero-order valence-corrected chi connectivity index (χ0v) is 34.2. The molecule has 0 unspecified atom stereocenters. The summed E-state index contributed by atoms with van der Waals surface area (Å²) in [7, 11) is -1.94. The number of aliphatic hydroxyl groups is 1. The van der Waals surface area contributed by atoms with Crippen molar-refractivity contribution >= 4 is 35.1 Å². The van der Waals surface area contributed by atoms with Crippen LogP contribution in [-0.4, -0.2) is 77.1 Å². The van der Waals surface area contributed by atoms with E-state index in [0.29, 0.717) is 25.9 Å². The SMILES string of the molecule is CC(C)[C@]12O[C@H]1[C@@H]1O[C@]13[C@]1(O[C@H]1C[C@H]1C4=C(CC[C@@]13C)C(=O)OC4)[C@]2(O)COC(=O)CCCCC[P+](c1ccccc1)(c1ccccc1)c1ccccc1.[Br-]. The molecule has 10 heteroatoms. The number of benzene rings is 3. The second kappa shape index (κ2) is 13.1. The number of esters is 2. The number of carbonyl (C=O) groups is 2. The molecule has 4 aliphatic heterocycles. The largest absolute Gasteiger partial charge is 1.00 e. The molecular formula is C45H50BrO8P. The van der Waals surface area contributed by atoms with Gasteiger partial charge in [0.2, 0.25) is 0 Å². The van der Waals surface area contributed by atoms with E-state index < -0.39 is 29.7 Å². The van der Waals surface area contributed by atoms with Crippen LogP contribution in [0.3, 0.4) is 0 Å². The first-order chi connectivity index (χ1) is 26.1. The van der Waals surface area contributed by atoms with Crippen LogP contribution >= 0.6 is 7.26 Å². The topological polar surface area (TPSA) is 110 Å². The molecule has 290 valence electrons. The van der Waals surface area contributed by atoms with Gasteiger partial charge in [-0.2, -0.15) is 0 Å². The normalized spacial score (nSPS) is 37.2. The Kier molecular flexibility index (Phi) is 8.94. The number of hydrogen-bond acceptors (Lipinski definition) is 8. The van der Waals surface area contributed by atoms with Crippen molar-refractivity contribution in [3.8, 4) is 0 Å². The molecule has 3 aromatic rings. The molecule has 3 aromatic carbocycles. The number of unbranched alkanes of at least 4 members (excludes halogenated alkanes) is 2. The molecule has 10 rings (SSSR count). The first kappa shape index (κ1) is 37.7. The molecule has 4 heterocycles. The molecular weight excluding hydrogens is 779 g/mol. The molecule has 0 radical (unpaired) electrons. The predicted molar refractivity (Wildman–Crippen MR) is 205 cm³/mol. The summed E-state index contributed by atoms with van der Waals surface area (Å²) < 4.78 is 31.7. The van der Waals surface area contributed by atoms with Crippen molar-refractivity contribution in [3.05, 3.63) is 102 Å². The van der Waals surface area contributed by atoms with Gasteiger partial charge in [0, 0.05) is 17.4 Å². The Hall–Kier alpha value is -2.91. The summed E-state index contributed by atoms with van der Waals surface area (Å²) in [5.74, 6) is -0.512. The van der Waals surface area contributed by atoms with Gasteiger partial charge in [0.05, 0.1) is 12.3 Å². The zero-order valence-electron chi connectivity index (χ0n) is 31.7. The van der Waals surface area contributed by atoms with E-state index in [9.17, 15) is 14.7 Å². The minimum atomic E-state index is -1.94. The van der Waals surface area contributed by atoms with E-state index in [-0.39, 0.29) is 77.5 Å². The van der Waals surface area contributed by atoms with Crippen LogP contribution in [0.2, 0.25) is 0 Å². The van der Waals surface area contributed by atoms with Crippen molar-refractivity contribution in [2.75, 3.05) is 19.4 Å². The van der Waals surface area contributed by atoms with E-state index in [2.05, 4.69) is 112 Å². The first-order valence-electron chi connectivity index (χ1n) is 20.0. The monoisotopic (exact) mass is 828 g/mol. The number of fused-ring (bicyclic) bond motifs is 4. The van der Waals surface area contributed by atoms with Crippen LogP contribution in [0.4, 0.5) is 0 Å². The second-order valence-electron chi connectivity index (χ2n) is 17.3. The van der Waals surface area contributed by atoms with Gasteiger partial charge in [-0.1, -0.05) is 75.4 Å². The Morgan fingerprint density at radius 3 is 2.07 bits per heavy atom. The van der Waals surface area contributed by atoms with Crippen LogP contribution in [0.1, 0.15) is 65.7 Å². The maximum Gasteiger partial charge on any atom is 0.334 e. The zero-order chi connectivity index (χ0) is 37.1. The lowest BCUT2D eigenvalue weighted by Gasteiger charge is -2.56. The molecule has 2 saturated carbocycles. The minimum Gasteiger partial charge on any atom is -1.00 e. The highest BCUT2D eigenvalue weighted by Crippen LogP contribution is 2.85. The summed E-state index contributed by atoms with van der Waals surface area (Å²) in [4.78, 5) is 26.1. The number of rotatable bonds is 12. The van der Waals surface area contributed by atoms with Crippen LogP contribution < -0.4 is 32.9 Å². The number of carbonyl (C=O) groups excluding carboxylic acids is 2. The predicted octanol–water partition coefficient (Wildman–Crippen LogP) is 2.58. The molecule has 5 fully saturated rings. The van der Waals surface area contributed by atoms with Gasteiger partial charge >= 0.3 is 11.9 Å². The van der Waals surface area contributed by atoms with Crippen LogP contribution in [0, 0.1) is 17.3 Å². The number of halogens is 1. The molecule has 3 aliphatic carbocycles. The average molecular weight is 830 g/mol. The van der Waals surface area contributed by atoms with Crippen molar-refractivity contribution in [3.63, 3.8) is 0 Å². The smallest absolute Gasteiger partial charge is 0.334 e. The lowest BCUT2D eigenvalue weighted by molar-refractivity contribution is -0.197. The Morgan fingerprint density at radius 1 is 0.855 bits per heavy atom. The Morgan fingerprint density at radius 2 is 1.47 bits per heavy atom. The Labute approximate surface area is 334 Å². The van der Waals surface area contributed by atoms with Crippen molar-refractivity contribution in [1.29, 1.82) is 0 Å². The third-order valence-corrected chi connectivity index (χ3v) is 19.3. The Bertz CT molecular complexity index is 1930. The quantitative estimate of drug-likeness (QED) is 0.129. The van der Waals surface area contributed by atoms with E-state index in [1.807, 2.05) is 0 Å². The van der Waals surface area contributed by atoms with E-state index in [1.165, 1.54) is 15.9 Å². The third-order valence-electron chi connectivity index (χ3n) is 14.8. The fraction of sp³-hybridized carbons (Fsp3) is 0.511. The maximum atomic E-state index is 13.6. The lowest BCUT2D eigenvalue weighted by atomic mass is 9.44. The van der Waals surface area contributed by atoms with Gasteiger partial charge in [0.25, 0.3) is 0 Å². The minimum absolute atomic E-state index is 0. The molecule has 0 aromatic heterocycles. The highest BCUT2D eigenvalue weighted by atomic mass is 79.9. The summed E-state index contributed by atoms with van der Waals surface area (Å²) in [6, 6.07) is 32.7. The van der Waals surface area contributed by atoms with E-state index in [4.69, 9.17) is 23.7 Å². The summed E-state index contributed by atoms with van der Waals surface area (Å²) in [5.41, 5.74) is -2.85. The van der Waals surface area contributed by atoms with Crippen LogP contribution in [-0.2, 0) is 33.3 Å². The molecule has 55 heavy (non-hydrogen) atoms. The van der Waals surface area contributed by atoms with Gasteiger partial charge in [-0.05, 0) is 92.3 Å². The summed E-state index contributed by atoms with van der Waals surface area (Å²) in [5, 5.41) is 17.2. The molecule has 9 atom stereocenters. The Balaban J connectivity index is 0.00000397. The number of ether oxygens (including phenoxy) is 5. The van der Waals surface area contributed by atoms with Gasteiger partial charge in [-0.25, -0.2) is 4.79 Å². The van der Waals surface area contributed by atoms with Crippen LogP contribution in [0.5, 0.6) is 0 Å². The van der Waals surface area contributed by atoms with Gasteiger partial charge in [-0.3, -0.25) is 4.79 Å². The molecule has 2 spiro atoms. The standard InChI is InChI=1S/C45H50O8P.BrH/c1-29(2)43-38(52-43)39-45(53-39)41(3)24-23-33-34(27-49-40(33)47)35(41)26-36-44(45,51-36)42(43,48)28-50-37(46)22-14-7-15-25-54(30-16-8-4-9-17-30,31-18-10-5-11-19-31)32-20-12-6-13-21-32;/h4-6,8-13,16-21,29,35-36,38-39,48H,7,14-15,22-28H2,1-3H3;1H/q+1;/p-1/t35-,36-,38-,39-,41-,42-,43-,44+,45+;/m0./s1. The highest BCUT2D eigenvalue weighted by molar-refractivity contribution is 7.95. The van der Waals surface area contributed by atoms with Gasteiger partial charge in [0.1, 0.15) is 59.8 Å². The maximum absolute atomic E-state index is 13.6. The summed E-state index contributed by atoms with van der Waals surface area (Å²) >= 11 is 0. The van der Waals surface area contributed by atoms with E-state index >= 15 is 0 Å². The van der Waals surface area contributed by atoms with Crippen molar-refractivity contribution < 1.29 is 55.4 Å². The van der Waals surface area contributed by atoms with Gasteiger partial charge in [-0.15, -0.1) is 0 Å². The lowest BCUT2D eigenvalue weighted by Crippen LogP contribution is -3.00. The molecule has 0 bridgehead atoms.